The quantitative estimate of drug-likeness (QED) is 0.614. The van der Waals surface area contributed by atoms with E-state index < -0.39 is 0 Å². The molecule has 0 bridgehead atoms. The molecule has 0 atom stereocenters. The summed E-state index contributed by atoms with van der Waals surface area (Å²) in [6, 6.07) is 5.12. The van der Waals surface area contributed by atoms with Crippen LogP contribution in [-0.4, -0.2) is 6.79 Å². The van der Waals surface area contributed by atoms with Crippen LogP contribution in [0, 0.1) is 11.3 Å². The van der Waals surface area contributed by atoms with Crippen molar-refractivity contribution in [2.75, 3.05) is 6.79 Å². The second-order valence-corrected chi connectivity index (χ2v) is 2.70. The lowest BCUT2D eigenvalue weighted by Gasteiger charge is -1.97. The monoisotopic (exact) mass is 181 g/mol. The molecule has 3 nitrogen and oxygen atoms in total. The van der Waals surface area contributed by atoms with Crippen molar-refractivity contribution in [3.63, 3.8) is 0 Å². The van der Waals surface area contributed by atoms with Crippen molar-refractivity contribution < 1.29 is 9.47 Å². The van der Waals surface area contributed by atoms with Crippen molar-refractivity contribution in [2.24, 2.45) is 0 Å². The Morgan fingerprint density at radius 3 is 2.67 bits per heavy atom. The van der Waals surface area contributed by atoms with Crippen LogP contribution in [0.25, 0.3) is 0 Å². The van der Waals surface area contributed by atoms with Gasteiger partial charge in [-0.05, 0) is 0 Å². The number of rotatable bonds is 0. The van der Waals surface area contributed by atoms with E-state index in [-0.39, 0.29) is 6.79 Å². The molecule has 4 heteroatoms. The van der Waals surface area contributed by atoms with Crippen LogP contribution in [0.3, 0.4) is 0 Å². The molecule has 1 aliphatic rings. The molecular formula is C8H4ClNO2. The number of hydrogen-bond donors (Lipinski definition) is 0. The summed E-state index contributed by atoms with van der Waals surface area (Å²) < 4.78 is 10.1. The Balaban J connectivity index is 2.59. The number of fused-ring (bicyclic) bond motifs is 1. The van der Waals surface area contributed by atoms with Gasteiger partial charge in [-0.3, -0.25) is 0 Å². The van der Waals surface area contributed by atoms with Crippen LogP contribution >= 0.6 is 11.6 Å². The largest absolute Gasteiger partial charge is 0.454 e. The minimum atomic E-state index is 0.195. The summed E-state index contributed by atoms with van der Waals surface area (Å²) >= 11 is 5.75. The van der Waals surface area contributed by atoms with Gasteiger partial charge in [-0.25, -0.2) is 0 Å². The van der Waals surface area contributed by atoms with Gasteiger partial charge in [0.2, 0.25) is 6.79 Å². The molecule has 0 amide bonds. The van der Waals surface area contributed by atoms with E-state index in [0.717, 1.165) is 0 Å². The molecule has 0 saturated heterocycles. The maximum atomic E-state index is 8.62. The first kappa shape index (κ1) is 7.26. The molecule has 60 valence electrons. The first-order chi connectivity index (χ1) is 5.81. The predicted octanol–water partition coefficient (Wildman–Crippen LogP) is 1.94. The van der Waals surface area contributed by atoms with Crippen molar-refractivity contribution in [2.45, 2.75) is 0 Å². The summed E-state index contributed by atoms with van der Waals surface area (Å²) in [5.41, 5.74) is 0.404. The van der Waals surface area contributed by atoms with E-state index in [4.69, 9.17) is 26.3 Å². The number of benzene rings is 1. The summed E-state index contributed by atoms with van der Waals surface area (Å²) in [6.07, 6.45) is 0. The molecule has 0 aliphatic carbocycles. The summed E-state index contributed by atoms with van der Waals surface area (Å²) in [5, 5.41) is 9.01. The Morgan fingerprint density at radius 2 is 2.00 bits per heavy atom. The fraction of sp³-hybridized carbons (Fsp3) is 0.125. The van der Waals surface area contributed by atoms with Gasteiger partial charge in [-0.15, -0.1) is 0 Å². The van der Waals surface area contributed by atoms with Crippen LogP contribution in [0.1, 0.15) is 5.56 Å². The van der Waals surface area contributed by atoms with Crippen LogP contribution in [0.15, 0.2) is 12.1 Å². The minimum absolute atomic E-state index is 0.195. The fourth-order valence-corrected chi connectivity index (χ4v) is 1.20. The third-order valence-electron chi connectivity index (χ3n) is 1.58. The highest BCUT2D eigenvalue weighted by atomic mass is 35.5. The summed E-state index contributed by atoms with van der Waals surface area (Å²) in [7, 11) is 0. The molecule has 1 aliphatic heterocycles. The lowest BCUT2D eigenvalue weighted by Crippen LogP contribution is -1.92. The molecule has 0 spiro atoms. The maximum absolute atomic E-state index is 8.62. The predicted molar refractivity (Wildman–Crippen MR) is 42.3 cm³/mol. The zero-order valence-corrected chi connectivity index (χ0v) is 6.76. The molecule has 0 aromatic heterocycles. The molecule has 12 heavy (non-hydrogen) atoms. The molecule has 0 saturated carbocycles. The Morgan fingerprint density at radius 1 is 1.33 bits per heavy atom. The van der Waals surface area contributed by atoms with E-state index in [9.17, 15) is 0 Å². The normalized spacial score (nSPS) is 12.7. The molecule has 1 heterocycles. The smallest absolute Gasteiger partial charge is 0.231 e. The van der Waals surface area contributed by atoms with Gasteiger partial charge in [0.15, 0.2) is 11.5 Å². The van der Waals surface area contributed by atoms with Gasteiger partial charge in [-0.2, -0.15) is 5.26 Å². The van der Waals surface area contributed by atoms with Crippen LogP contribution in [0.4, 0.5) is 0 Å². The van der Waals surface area contributed by atoms with E-state index in [1.165, 1.54) is 0 Å². The van der Waals surface area contributed by atoms with Gasteiger partial charge in [0.05, 0.1) is 10.6 Å². The lowest BCUT2D eigenvalue weighted by molar-refractivity contribution is 0.174. The van der Waals surface area contributed by atoms with Crippen LogP contribution < -0.4 is 9.47 Å². The molecule has 2 rings (SSSR count). The van der Waals surface area contributed by atoms with Crippen molar-refractivity contribution >= 4 is 11.6 Å². The molecule has 1 aromatic carbocycles. The van der Waals surface area contributed by atoms with Crippen molar-refractivity contribution in [3.05, 3.63) is 22.7 Å². The average molecular weight is 182 g/mol. The van der Waals surface area contributed by atoms with Gasteiger partial charge in [0, 0.05) is 12.1 Å². The summed E-state index contributed by atoms with van der Waals surface area (Å²) in [5.74, 6) is 1.18. The third kappa shape index (κ3) is 0.973. The topological polar surface area (TPSA) is 42.2 Å². The molecule has 0 radical (unpaired) electrons. The van der Waals surface area contributed by atoms with E-state index >= 15 is 0 Å². The highest BCUT2D eigenvalue weighted by molar-refractivity contribution is 6.31. The number of hydrogen-bond acceptors (Lipinski definition) is 3. The lowest BCUT2D eigenvalue weighted by atomic mass is 10.2. The van der Waals surface area contributed by atoms with E-state index in [1.807, 2.05) is 6.07 Å². The molecule has 0 unspecified atom stereocenters. The number of nitrogens with zero attached hydrogens (tertiary/aromatic N) is 1. The Kier molecular flexibility index (Phi) is 1.56. The average Bonchev–Trinajstić information content (AvgIpc) is 2.49. The Bertz CT molecular complexity index is 369. The van der Waals surface area contributed by atoms with Crippen LogP contribution in [-0.2, 0) is 0 Å². The van der Waals surface area contributed by atoms with Gasteiger partial charge >= 0.3 is 0 Å². The van der Waals surface area contributed by atoms with Crippen LogP contribution in [0.2, 0.25) is 5.02 Å². The zero-order chi connectivity index (χ0) is 8.55. The number of ether oxygens (including phenoxy) is 2. The minimum Gasteiger partial charge on any atom is -0.454 e. The van der Waals surface area contributed by atoms with Crippen molar-refractivity contribution in [1.82, 2.24) is 0 Å². The first-order valence-electron chi connectivity index (χ1n) is 3.30. The standard InChI is InChI=1S/C8H4ClNO2/c9-6-2-8-7(11-4-12-8)1-5(6)3-10/h1-2H,4H2. The summed E-state index contributed by atoms with van der Waals surface area (Å²) in [6.45, 7) is 0.195. The Hall–Kier alpha value is -1.40. The van der Waals surface area contributed by atoms with E-state index in [2.05, 4.69) is 0 Å². The SMILES string of the molecule is N#Cc1cc2c(cc1Cl)OCO2. The number of nitriles is 1. The van der Waals surface area contributed by atoms with Crippen molar-refractivity contribution in [3.8, 4) is 17.6 Å². The highest BCUT2D eigenvalue weighted by Crippen LogP contribution is 2.36. The maximum Gasteiger partial charge on any atom is 0.231 e. The highest BCUT2D eigenvalue weighted by Gasteiger charge is 2.15. The second-order valence-electron chi connectivity index (χ2n) is 2.30. The van der Waals surface area contributed by atoms with Gasteiger partial charge in [0.25, 0.3) is 0 Å². The Labute approximate surface area is 74.1 Å². The third-order valence-corrected chi connectivity index (χ3v) is 1.90. The van der Waals surface area contributed by atoms with E-state index in [1.54, 1.807) is 12.1 Å². The molecular weight excluding hydrogens is 178 g/mol. The van der Waals surface area contributed by atoms with Gasteiger partial charge in [-0.1, -0.05) is 11.6 Å². The van der Waals surface area contributed by atoms with E-state index in [0.29, 0.717) is 22.1 Å². The zero-order valence-electron chi connectivity index (χ0n) is 6.00. The van der Waals surface area contributed by atoms with Crippen LogP contribution in [0.5, 0.6) is 11.5 Å². The van der Waals surface area contributed by atoms with Gasteiger partial charge < -0.3 is 9.47 Å². The summed E-state index contributed by atoms with van der Waals surface area (Å²) in [4.78, 5) is 0. The molecule has 0 fully saturated rings. The fourth-order valence-electron chi connectivity index (χ4n) is 1.00. The first-order valence-corrected chi connectivity index (χ1v) is 3.68. The molecule has 0 N–H and O–H groups in total. The molecule has 1 aromatic rings. The van der Waals surface area contributed by atoms with Crippen molar-refractivity contribution in [1.29, 1.82) is 5.26 Å². The second kappa shape index (κ2) is 2.58. The van der Waals surface area contributed by atoms with Gasteiger partial charge in [0.1, 0.15) is 6.07 Å². The number of halogens is 1.